The van der Waals surface area contributed by atoms with E-state index in [4.69, 9.17) is 11.5 Å². The minimum absolute atomic E-state index is 0.529. The molecular formula is C5H14N6O2. The topological polar surface area (TPSA) is 135 Å². The fraction of sp³-hybridized carbons (Fsp3) is 1.00. The van der Waals surface area contributed by atoms with Crippen molar-refractivity contribution in [3.8, 4) is 0 Å². The van der Waals surface area contributed by atoms with Gasteiger partial charge in [-0.2, -0.15) is 0 Å². The zero-order chi connectivity index (χ0) is 10.3. The summed E-state index contributed by atoms with van der Waals surface area (Å²) < 4.78 is 0. The van der Waals surface area contributed by atoms with Crippen LogP contribution in [-0.2, 0) is 0 Å². The third-order valence-electron chi connectivity index (χ3n) is 1.65. The standard InChI is InChI=1S/C5H14N6O2/c1-2-3-4(6)5(7,8-10-12)9-11-13/h4H,2-3,6-7H2,1H3,(H,8,12)(H,9,13). The lowest BCUT2D eigenvalue weighted by atomic mass is 10.1. The molecule has 0 aromatic carbocycles. The van der Waals surface area contributed by atoms with Gasteiger partial charge in [0.2, 0.25) is 5.79 Å². The molecule has 0 fully saturated rings. The Morgan fingerprint density at radius 3 is 2.15 bits per heavy atom. The van der Waals surface area contributed by atoms with Crippen LogP contribution in [0.4, 0.5) is 0 Å². The molecule has 0 bridgehead atoms. The summed E-state index contributed by atoms with van der Waals surface area (Å²) in [5.41, 5.74) is 15.0. The summed E-state index contributed by atoms with van der Waals surface area (Å²) in [4.78, 5) is 19.8. The molecule has 0 aromatic heterocycles. The molecule has 0 aliphatic heterocycles. The van der Waals surface area contributed by atoms with Crippen molar-refractivity contribution in [2.75, 3.05) is 0 Å². The van der Waals surface area contributed by atoms with Gasteiger partial charge in [0.15, 0.2) is 0 Å². The van der Waals surface area contributed by atoms with E-state index < -0.39 is 11.8 Å². The van der Waals surface area contributed by atoms with Gasteiger partial charge in [-0.25, -0.2) is 10.9 Å². The number of nitrogens with zero attached hydrogens (tertiary/aromatic N) is 2. The maximum absolute atomic E-state index is 9.92. The normalized spacial score (nSPS) is 13.2. The number of nitrogens with one attached hydrogen (secondary N) is 2. The molecule has 0 saturated carbocycles. The Balaban J connectivity index is 4.34. The Morgan fingerprint density at radius 1 is 1.38 bits per heavy atom. The number of hydrogen-bond acceptors (Lipinski definition) is 6. The lowest BCUT2D eigenvalue weighted by Crippen LogP contribution is -2.70. The fourth-order valence-corrected chi connectivity index (χ4v) is 0.881. The SMILES string of the molecule is CCCC(N)C(N)(NN=O)NN=O. The van der Waals surface area contributed by atoms with Gasteiger partial charge in [-0.05, 0) is 6.42 Å². The molecule has 13 heavy (non-hydrogen) atoms. The molecule has 8 nitrogen and oxygen atoms in total. The first-order chi connectivity index (χ1) is 6.10. The second-order valence-corrected chi connectivity index (χ2v) is 2.67. The highest BCUT2D eigenvalue weighted by atomic mass is 16.3. The molecule has 6 N–H and O–H groups in total. The fourth-order valence-electron chi connectivity index (χ4n) is 0.881. The molecule has 0 rings (SSSR count). The molecule has 76 valence electrons. The number of nitroso groups, excluding NO2 is 2. The molecule has 1 unspecified atom stereocenters. The van der Waals surface area contributed by atoms with Crippen molar-refractivity contribution < 1.29 is 0 Å². The van der Waals surface area contributed by atoms with E-state index in [-0.39, 0.29) is 0 Å². The van der Waals surface area contributed by atoms with Crippen LogP contribution in [0.1, 0.15) is 19.8 Å². The third-order valence-corrected chi connectivity index (χ3v) is 1.65. The Labute approximate surface area is 75.3 Å². The van der Waals surface area contributed by atoms with Crippen LogP contribution in [0.3, 0.4) is 0 Å². The summed E-state index contributed by atoms with van der Waals surface area (Å²) in [5, 5.41) is 4.73. The quantitative estimate of drug-likeness (QED) is 0.237. The summed E-state index contributed by atoms with van der Waals surface area (Å²) in [7, 11) is 0. The van der Waals surface area contributed by atoms with Crippen molar-refractivity contribution in [3.63, 3.8) is 0 Å². The Bertz CT molecular complexity index is 164. The summed E-state index contributed by atoms with van der Waals surface area (Å²) in [5.74, 6) is -1.57. The van der Waals surface area contributed by atoms with Crippen LogP contribution in [0.25, 0.3) is 0 Å². The summed E-state index contributed by atoms with van der Waals surface area (Å²) in [6.07, 6.45) is 1.29. The van der Waals surface area contributed by atoms with Crippen molar-refractivity contribution in [1.82, 2.24) is 10.9 Å². The Kier molecular flexibility index (Phi) is 4.85. The van der Waals surface area contributed by atoms with Crippen LogP contribution >= 0.6 is 0 Å². The Morgan fingerprint density at radius 2 is 1.85 bits per heavy atom. The lowest BCUT2D eigenvalue weighted by molar-refractivity contribution is 0.210. The number of nitrogens with two attached hydrogens (primary N) is 2. The second kappa shape index (κ2) is 5.38. The number of rotatable bonds is 7. The first-order valence-electron chi connectivity index (χ1n) is 3.84. The highest BCUT2D eigenvalue weighted by Gasteiger charge is 2.32. The maximum Gasteiger partial charge on any atom is 0.212 e. The van der Waals surface area contributed by atoms with Gasteiger partial charge in [0.1, 0.15) is 0 Å². The van der Waals surface area contributed by atoms with Crippen LogP contribution in [0.15, 0.2) is 10.6 Å². The monoisotopic (exact) mass is 190 g/mol. The number of hydrogen-bond donors (Lipinski definition) is 4. The van der Waals surface area contributed by atoms with Crippen molar-refractivity contribution in [3.05, 3.63) is 9.81 Å². The molecule has 0 radical (unpaired) electrons. The van der Waals surface area contributed by atoms with E-state index in [0.717, 1.165) is 6.42 Å². The van der Waals surface area contributed by atoms with Crippen molar-refractivity contribution in [2.24, 2.45) is 22.0 Å². The van der Waals surface area contributed by atoms with Crippen LogP contribution in [0.2, 0.25) is 0 Å². The van der Waals surface area contributed by atoms with Crippen LogP contribution < -0.4 is 22.3 Å². The third kappa shape index (κ3) is 3.30. The molecule has 0 saturated heterocycles. The van der Waals surface area contributed by atoms with Gasteiger partial charge in [0, 0.05) is 0 Å². The predicted molar refractivity (Wildman–Crippen MR) is 47.7 cm³/mol. The minimum Gasteiger partial charge on any atom is -0.323 e. The average molecular weight is 190 g/mol. The molecule has 8 heteroatoms. The molecule has 0 aromatic rings. The van der Waals surface area contributed by atoms with E-state index in [1.807, 2.05) is 17.8 Å². The van der Waals surface area contributed by atoms with Gasteiger partial charge < -0.3 is 5.73 Å². The zero-order valence-electron chi connectivity index (χ0n) is 7.36. The molecule has 0 spiro atoms. The van der Waals surface area contributed by atoms with Crippen molar-refractivity contribution in [2.45, 2.75) is 31.6 Å². The van der Waals surface area contributed by atoms with Crippen LogP contribution in [0.5, 0.6) is 0 Å². The highest BCUT2D eigenvalue weighted by molar-refractivity contribution is 4.86. The van der Waals surface area contributed by atoms with Crippen molar-refractivity contribution >= 4 is 0 Å². The van der Waals surface area contributed by atoms with E-state index in [1.165, 1.54) is 0 Å². The van der Waals surface area contributed by atoms with Gasteiger partial charge in [-0.15, -0.1) is 9.81 Å². The first-order valence-corrected chi connectivity index (χ1v) is 3.84. The zero-order valence-corrected chi connectivity index (χ0v) is 7.36. The highest BCUT2D eigenvalue weighted by Crippen LogP contribution is 2.04. The minimum atomic E-state index is -1.57. The van der Waals surface area contributed by atoms with Gasteiger partial charge in [-0.3, -0.25) is 5.73 Å². The predicted octanol–water partition coefficient (Wildman–Crippen LogP) is -0.732. The molecule has 0 amide bonds. The molecule has 1 atom stereocenters. The maximum atomic E-state index is 9.92. The van der Waals surface area contributed by atoms with E-state index >= 15 is 0 Å². The molecule has 0 aliphatic carbocycles. The largest absolute Gasteiger partial charge is 0.323 e. The van der Waals surface area contributed by atoms with Crippen LogP contribution in [0, 0.1) is 9.81 Å². The Hall–Kier alpha value is -1.28. The van der Waals surface area contributed by atoms with E-state index in [9.17, 15) is 9.81 Å². The van der Waals surface area contributed by atoms with Crippen molar-refractivity contribution in [1.29, 1.82) is 0 Å². The molecular weight excluding hydrogens is 176 g/mol. The first kappa shape index (κ1) is 11.7. The van der Waals surface area contributed by atoms with E-state index in [1.54, 1.807) is 0 Å². The average Bonchev–Trinajstić information content (AvgIpc) is 2.05. The van der Waals surface area contributed by atoms with Gasteiger partial charge >= 0.3 is 0 Å². The summed E-state index contributed by atoms with van der Waals surface area (Å²) in [6.45, 7) is 1.89. The van der Waals surface area contributed by atoms with E-state index in [0.29, 0.717) is 6.42 Å². The lowest BCUT2D eigenvalue weighted by Gasteiger charge is -2.31. The van der Waals surface area contributed by atoms with E-state index in [2.05, 4.69) is 10.6 Å². The van der Waals surface area contributed by atoms with Gasteiger partial charge in [0.25, 0.3) is 0 Å². The van der Waals surface area contributed by atoms with Gasteiger partial charge in [-0.1, -0.05) is 13.3 Å². The summed E-state index contributed by atoms with van der Waals surface area (Å²) >= 11 is 0. The molecule has 0 aliphatic rings. The summed E-state index contributed by atoms with van der Waals surface area (Å²) in [6, 6.07) is -0.632. The molecule has 0 heterocycles. The van der Waals surface area contributed by atoms with Gasteiger partial charge in [0.05, 0.1) is 16.6 Å². The second-order valence-electron chi connectivity index (χ2n) is 2.67. The smallest absolute Gasteiger partial charge is 0.212 e. The van der Waals surface area contributed by atoms with Crippen LogP contribution in [-0.4, -0.2) is 11.8 Å².